The van der Waals surface area contributed by atoms with E-state index in [0.717, 1.165) is 18.3 Å². The lowest BCUT2D eigenvalue weighted by Gasteiger charge is -2.07. The van der Waals surface area contributed by atoms with Crippen molar-refractivity contribution >= 4 is 0 Å². The number of hydrogen-bond acceptors (Lipinski definition) is 3. The Balaban J connectivity index is 2.47. The summed E-state index contributed by atoms with van der Waals surface area (Å²) in [4.78, 5) is 7.48. The molecule has 1 N–H and O–H groups in total. The molecule has 0 radical (unpaired) electrons. The van der Waals surface area contributed by atoms with E-state index >= 15 is 0 Å². The number of alkyl halides is 3. The first kappa shape index (κ1) is 11.4. The van der Waals surface area contributed by atoms with Crippen LogP contribution in [0.5, 0.6) is 5.88 Å². The topological polar surface area (TPSA) is 46.0 Å². The minimum Gasteiger partial charge on any atom is -0.493 e. The van der Waals surface area contributed by atoms with Gasteiger partial charge in [-0.2, -0.15) is 13.2 Å². The van der Waals surface area contributed by atoms with Gasteiger partial charge in [0.15, 0.2) is 0 Å². The predicted octanol–water partition coefficient (Wildman–Crippen LogP) is 2.87. The molecule has 0 aromatic carbocycles. The van der Waals surface area contributed by atoms with Crippen molar-refractivity contribution in [1.29, 1.82) is 0 Å². The quantitative estimate of drug-likeness (QED) is 0.833. The largest absolute Gasteiger partial charge is 0.493 e. The van der Waals surface area contributed by atoms with Crippen LogP contribution in [0.2, 0.25) is 0 Å². The van der Waals surface area contributed by atoms with Gasteiger partial charge in [-0.25, -0.2) is 4.98 Å². The Morgan fingerprint density at radius 1 is 1.06 bits per heavy atom. The number of hydrogen-bond donors (Lipinski definition) is 1. The third kappa shape index (κ3) is 2.52. The van der Waals surface area contributed by atoms with Gasteiger partial charge in [0.05, 0.1) is 17.0 Å². The van der Waals surface area contributed by atoms with Crippen molar-refractivity contribution in [2.75, 3.05) is 0 Å². The summed E-state index contributed by atoms with van der Waals surface area (Å²) in [6.07, 6.45) is -3.36. The molecule has 2 rings (SSSR count). The molecule has 88 valence electrons. The van der Waals surface area contributed by atoms with E-state index in [9.17, 15) is 13.2 Å². The molecule has 2 heterocycles. The first-order valence-corrected chi connectivity index (χ1v) is 4.66. The van der Waals surface area contributed by atoms with Crippen LogP contribution in [0.25, 0.3) is 11.4 Å². The fourth-order valence-corrected chi connectivity index (χ4v) is 1.31. The highest BCUT2D eigenvalue weighted by molar-refractivity contribution is 5.55. The maximum absolute atomic E-state index is 12.5. The molecule has 2 aromatic heterocycles. The number of aromatic hydroxyl groups is 1. The smallest absolute Gasteiger partial charge is 0.416 e. The summed E-state index contributed by atoms with van der Waals surface area (Å²) in [5, 5.41) is 9.14. The van der Waals surface area contributed by atoms with Crippen LogP contribution >= 0.6 is 0 Å². The Morgan fingerprint density at radius 3 is 2.47 bits per heavy atom. The lowest BCUT2D eigenvalue weighted by molar-refractivity contribution is -0.137. The van der Waals surface area contributed by atoms with Gasteiger partial charge in [-0.05, 0) is 18.2 Å². The molecule has 0 aliphatic carbocycles. The Labute approximate surface area is 94.6 Å². The second-order valence-electron chi connectivity index (χ2n) is 3.31. The SMILES string of the molecule is Oc1cccc(-c2cc(C(F)(F)F)ccn2)n1. The van der Waals surface area contributed by atoms with Crippen molar-refractivity contribution in [3.63, 3.8) is 0 Å². The first-order chi connectivity index (χ1) is 7.97. The second-order valence-corrected chi connectivity index (χ2v) is 3.31. The predicted molar refractivity (Wildman–Crippen MR) is 54.1 cm³/mol. The van der Waals surface area contributed by atoms with Gasteiger partial charge in [0.1, 0.15) is 0 Å². The van der Waals surface area contributed by atoms with Crippen molar-refractivity contribution in [3.8, 4) is 17.3 Å². The fraction of sp³-hybridized carbons (Fsp3) is 0.0909. The van der Waals surface area contributed by atoms with Crippen LogP contribution in [0, 0.1) is 0 Å². The van der Waals surface area contributed by atoms with Crippen LogP contribution in [-0.2, 0) is 6.18 Å². The average molecular weight is 240 g/mol. The van der Waals surface area contributed by atoms with Crippen LogP contribution in [-0.4, -0.2) is 15.1 Å². The highest BCUT2D eigenvalue weighted by atomic mass is 19.4. The molecule has 2 aromatic rings. The van der Waals surface area contributed by atoms with Crippen LogP contribution in [0.4, 0.5) is 13.2 Å². The zero-order chi connectivity index (χ0) is 12.5. The van der Waals surface area contributed by atoms with Crippen LogP contribution in [0.15, 0.2) is 36.5 Å². The van der Waals surface area contributed by atoms with E-state index in [1.807, 2.05) is 0 Å². The highest BCUT2D eigenvalue weighted by Gasteiger charge is 2.30. The van der Waals surface area contributed by atoms with Gasteiger partial charge in [-0.3, -0.25) is 4.98 Å². The minimum atomic E-state index is -4.42. The summed E-state index contributed by atoms with van der Waals surface area (Å²) in [7, 11) is 0. The van der Waals surface area contributed by atoms with E-state index in [0.29, 0.717) is 0 Å². The highest BCUT2D eigenvalue weighted by Crippen LogP contribution is 2.30. The molecule has 3 nitrogen and oxygen atoms in total. The minimum absolute atomic E-state index is 0.0655. The summed E-state index contributed by atoms with van der Waals surface area (Å²) in [5.74, 6) is -0.262. The van der Waals surface area contributed by atoms with Crippen molar-refractivity contribution in [3.05, 3.63) is 42.1 Å². The van der Waals surface area contributed by atoms with E-state index < -0.39 is 11.7 Å². The molecule has 0 bridgehead atoms. The Kier molecular flexibility index (Phi) is 2.71. The second kappa shape index (κ2) is 4.04. The average Bonchev–Trinajstić information content (AvgIpc) is 2.28. The van der Waals surface area contributed by atoms with Gasteiger partial charge in [-0.1, -0.05) is 6.07 Å². The summed E-state index contributed by atoms with van der Waals surface area (Å²) < 4.78 is 37.4. The van der Waals surface area contributed by atoms with Gasteiger partial charge < -0.3 is 5.11 Å². The Morgan fingerprint density at radius 2 is 1.82 bits per heavy atom. The van der Waals surface area contributed by atoms with Crippen LogP contribution < -0.4 is 0 Å². The molecule has 0 aliphatic rings. The van der Waals surface area contributed by atoms with Gasteiger partial charge in [0, 0.05) is 12.3 Å². The van der Waals surface area contributed by atoms with E-state index in [2.05, 4.69) is 9.97 Å². The number of halogens is 3. The zero-order valence-corrected chi connectivity index (χ0v) is 8.44. The molecule has 0 spiro atoms. The summed E-state index contributed by atoms with van der Waals surface area (Å²) in [6, 6.07) is 6.06. The van der Waals surface area contributed by atoms with E-state index in [-0.39, 0.29) is 17.3 Å². The third-order valence-corrected chi connectivity index (χ3v) is 2.08. The molecule has 0 unspecified atom stereocenters. The molecule has 17 heavy (non-hydrogen) atoms. The molecule has 0 saturated heterocycles. The normalized spacial score (nSPS) is 11.5. The Bertz CT molecular complexity index is 540. The van der Waals surface area contributed by atoms with E-state index in [4.69, 9.17) is 5.11 Å². The van der Waals surface area contributed by atoms with Gasteiger partial charge in [0.25, 0.3) is 0 Å². The molecule has 0 amide bonds. The van der Waals surface area contributed by atoms with Gasteiger partial charge in [-0.15, -0.1) is 0 Å². The lowest BCUT2D eigenvalue weighted by Crippen LogP contribution is -2.05. The molecule has 0 saturated carbocycles. The molecular weight excluding hydrogens is 233 g/mol. The molecule has 6 heteroatoms. The molecular formula is C11H7F3N2O. The number of nitrogens with zero attached hydrogens (tertiary/aromatic N) is 2. The van der Waals surface area contributed by atoms with Crippen molar-refractivity contribution < 1.29 is 18.3 Å². The third-order valence-electron chi connectivity index (χ3n) is 2.08. The number of aromatic nitrogens is 2. The molecule has 0 aliphatic heterocycles. The molecule has 0 fully saturated rings. The van der Waals surface area contributed by atoms with Crippen LogP contribution in [0.1, 0.15) is 5.56 Å². The summed E-state index contributed by atoms with van der Waals surface area (Å²) in [6.45, 7) is 0. The van der Waals surface area contributed by atoms with Crippen molar-refractivity contribution in [1.82, 2.24) is 9.97 Å². The number of rotatable bonds is 1. The summed E-state index contributed by atoms with van der Waals surface area (Å²) >= 11 is 0. The van der Waals surface area contributed by atoms with E-state index in [1.54, 1.807) is 0 Å². The zero-order valence-electron chi connectivity index (χ0n) is 8.44. The van der Waals surface area contributed by atoms with Crippen LogP contribution in [0.3, 0.4) is 0 Å². The van der Waals surface area contributed by atoms with Crippen molar-refractivity contribution in [2.45, 2.75) is 6.18 Å². The van der Waals surface area contributed by atoms with E-state index in [1.165, 1.54) is 18.2 Å². The van der Waals surface area contributed by atoms with Gasteiger partial charge >= 0.3 is 6.18 Å². The summed E-state index contributed by atoms with van der Waals surface area (Å²) in [5.41, 5.74) is -0.542. The number of pyridine rings is 2. The first-order valence-electron chi connectivity index (χ1n) is 4.66. The maximum Gasteiger partial charge on any atom is 0.416 e. The molecule has 0 atom stereocenters. The lowest BCUT2D eigenvalue weighted by atomic mass is 10.2. The maximum atomic E-state index is 12.5. The van der Waals surface area contributed by atoms with Gasteiger partial charge in [0.2, 0.25) is 5.88 Å². The fourth-order valence-electron chi connectivity index (χ4n) is 1.31. The standard InChI is InChI=1S/C11H7F3N2O/c12-11(13,14)7-4-5-15-9(6-7)8-2-1-3-10(17)16-8/h1-6H,(H,16,17). The Hall–Kier alpha value is -2.11. The van der Waals surface area contributed by atoms with Crippen molar-refractivity contribution in [2.24, 2.45) is 0 Å². The monoisotopic (exact) mass is 240 g/mol.